The zero-order valence-electron chi connectivity index (χ0n) is 14.0. The van der Waals surface area contributed by atoms with Gasteiger partial charge in [-0.15, -0.1) is 0 Å². The number of alkyl halides is 6. The van der Waals surface area contributed by atoms with Gasteiger partial charge >= 0.3 is 12.4 Å². The number of hydrogen-bond donors (Lipinski definition) is 0. The van der Waals surface area contributed by atoms with Gasteiger partial charge in [-0.1, -0.05) is 0 Å². The third kappa shape index (κ3) is 4.69. The van der Waals surface area contributed by atoms with Crippen LogP contribution in [0.15, 0.2) is 22.2 Å². The van der Waals surface area contributed by atoms with Crippen molar-refractivity contribution < 1.29 is 26.3 Å². The fraction of sp³-hybridized carbons (Fsp3) is 0.250. The van der Waals surface area contributed by atoms with E-state index in [1.54, 1.807) is 0 Å². The first-order valence-corrected chi connectivity index (χ1v) is 9.35. The molecule has 0 unspecified atom stereocenters. The van der Waals surface area contributed by atoms with Gasteiger partial charge in [-0.3, -0.25) is 0 Å². The zero-order valence-corrected chi connectivity index (χ0v) is 15.7. The van der Waals surface area contributed by atoms with E-state index in [0.717, 1.165) is 0 Å². The smallest absolute Gasteiger partial charge is 0.245 e. The summed E-state index contributed by atoms with van der Waals surface area (Å²) in [7, 11) is 1.06. The molecule has 28 heavy (non-hydrogen) atoms. The summed E-state index contributed by atoms with van der Waals surface area (Å²) in [6.07, 6.45) is -9.61. The third-order valence-corrected chi connectivity index (χ3v) is 5.45. The molecule has 0 fully saturated rings. The maximum absolute atomic E-state index is 13.1. The van der Waals surface area contributed by atoms with Crippen LogP contribution in [0.3, 0.4) is 0 Å². The fourth-order valence-electron chi connectivity index (χ4n) is 2.15. The number of nitriles is 2. The Labute approximate surface area is 163 Å². The highest BCUT2D eigenvalue weighted by atomic mass is 33.1. The van der Waals surface area contributed by atoms with E-state index in [1.165, 1.54) is 26.0 Å². The van der Waals surface area contributed by atoms with Crippen molar-refractivity contribution >= 4 is 21.6 Å². The molecule has 12 heteroatoms. The molecule has 0 saturated heterocycles. The van der Waals surface area contributed by atoms with Crippen LogP contribution in [-0.4, -0.2) is 9.97 Å². The molecule has 2 rings (SSSR count). The third-order valence-electron chi connectivity index (χ3n) is 3.26. The van der Waals surface area contributed by atoms with E-state index in [1.807, 2.05) is 0 Å². The van der Waals surface area contributed by atoms with E-state index in [2.05, 4.69) is 9.97 Å². The number of rotatable bonds is 3. The Morgan fingerprint density at radius 3 is 1.32 bits per heavy atom. The van der Waals surface area contributed by atoms with E-state index in [4.69, 9.17) is 10.5 Å². The lowest BCUT2D eigenvalue weighted by atomic mass is 10.1. The first-order chi connectivity index (χ1) is 12.9. The van der Waals surface area contributed by atoms with Crippen molar-refractivity contribution in [2.75, 3.05) is 0 Å². The number of aryl methyl sites for hydroxylation is 2. The average Bonchev–Trinajstić information content (AvgIpc) is 2.57. The molecule has 0 bridgehead atoms. The molecule has 0 aliphatic heterocycles. The molecular weight excluding hydrogens is 426 g/mol. The number of halogens is 6. The number of aromatic nitrogens is 2. The van der Waals surface area contributed by atoms with E-state index in [0.29, 0.717) is 33.7 Å². The average molecular weight is 434 g/mol. The van der Waals surface area contributed by atoms with Gasteiger partial charge in [0, 0.05) is 11.4 Å². The van der Waals surface area contributed by atoms with Gasteiger partial charge in [0.15, 0.2) is 0 Å². The Kier molecular flexibility index (Phi) is 6.16. The van der Waals surface area contributed by atoms with Gasteiger partial charge < -0.3 is 0 Å². The van der Waals surface area contributed by atoms with Gasteiger partial charge in [0.05, 0.1) is 22.3 Å². The van der Waals surface area contributed by atoms with Crippen LogP contribution in [0.4, 0.5) is 26.3 Å². The van der Waals surface area contributed by atoms with E-state index in [9.17, 15) is 26.3 Å². The SMILES string of the molecule is Cc1cc(C(F)(F)F)c(C#N)c(SSc2nc(C)cc(C(F)(F)F)c2C#N)n1. The van der Waals surface area contributed by atoms with Crippen LogP contribution in [0.5, 0.6) is 0 Å². The summed E-state index contributed by atoms with van der Waals surface area (Å²) in [5.74, 6) is 0. The summed E-state index contributed by atoms with van der Waals surface area (Å²) in [5.41, 5.74) is -3.94. The Hall–Kier alpha value is -2.44. The van der Waals surface area contributed by atoms with E-state index in [-0.39, 0.29) is 21.4 Å². The highest BCUT2D eigenvalue weighted by molar-refractivity contribution is 8.76. The Morgan fingerprint density at radius 1 is 0.750 bits per heavy atom. The lowest BCUT2D eigenvalue weighted by molar-refractivity contribution is -0.138. The monoisotopic (exact) mass is 434 g/mol. The largest absolute Gasteiger partial charge is 0.417 e. The van der Waals surface area contributed by atoms with Gasteiger partial charge in [-0.25, -0.2) is 9.97 Å². The van der Waals surface area contributed by atoms with Crippen LogP contribution in [0.25, 0.3) is 0 Å². The molecule has 2 heterocycles. The van der Waals surface area contributed by atoms with Crippen LogP contribution >= 0.6 is 21.6 Å². The predicted octanol–water partition coefficient (Wildman–Crippen LogP) is 5.67. The molecule has 4 nitrogen and oxygen atoms in total. The number of nitrogens with zero attached hydrogens (tertiary/aromatic N) is 4. The molecule has 0 aliphatic carbocycles. The molecule has 146 valence electrons. The zero-order chi connectivity index (χ0) is 21.3. The second-order valence-corrected chi connectivity index (χ2v) is 7.48. The molecule has 0 aromatic carbocycles. The minimum atomic E-state index is -4.80. The highest BCUT2D eigenvalue weighted by Crippen LogP contribution is 2.44. The second-order valence-electron chi connectivity index (χ2n) is 5.37. The first kappa shape index (κ1) is 21.9. The fourth-order valence-corrected chi connectivity index (χ4v) is 4.35. The standard InChI is InChI=1S/C16H8F6N4S2/c1-7-3-11(15(17,18)19)9(5-23)13(25-7)27-28-14-10(6-24)12(16(20,21)22)4-8(2)26-14/h3-4H,1-2H3. The normalized spacial score (nSPS) is 11.8. The molecule has 2 aromatic heterocycles. The molecule has 0 radical (unpaired) electrons. The van der Waals surface area contributed by atoms with E-state index >= 15 is 0 Å². The Bertz CT molecular complexity index is 921. The molecule has 2 aromatic rings. The molecule has 0 amide bonds. The summed E-state index contributed by atoms with van der Waals surface area (Å²) in [6.45, 7) is 2.58. The Morgan fingerprint density at radius 2 is 1.07 bits per heavy atom. The van der Waals surface area contributed by atoms with Crippen molar-refractivity contribution in [1.82, 2.24) is 9.97 Å². The molecule has 0 atom stereocenters. The van der Waals surface area contributed by atoms with Crippen LogP contribution in [-0.2, 0) is 12.4 Å². The van der Waals surface area contributed by atoms with Crippen molar-refractivity contribution in [2.24, 2.45) is 0 Å². The Balaban J connectivity index is 2.52. The molecule has 0 N–H and O–H groups in total. The quantitative estimate of drug-likeness (QED) is 0.458. The van der Waals surface area contributed by atoms with Crippen molar-refractivity contribution in [3.05, 3.63) is 45.8 Å². The summed E-state index contributed by atoms with van der Waals surface area (Å²) in [5, 5.41) is 17.6. The minimum Gasteiger partial charge on any atom is -0.245 e. The van der Waals surface area contributed by atoms with Crippen LogP contribution < -0.4 is 0 Å². The van der Waals surface area contributed by atoms with Gasteiger partial charge in [-0.05, 0) is 47.6 Å². The molecule has 0 aliphatic rings. The summed E-state index contributed by atoms with van der Waals surface area (Å²) in [6, 6.07) is 4.27. The van der Waals surface area contributed by atoms with Gasteiger partial charge in [0.1, 0.15) is 22.2 Å². The van der Waals surface area contributed by atoms with Crippen LogP contribution in [0, 0.1) is 36.5 Å². The lowest BCUT2D eigenvalue weighted by Gasteiger charge is -2.14. The van der Waals surface area contributed by atoms with Crippen molar-refractivity contribution in [2.45, 2.75) is 36.3 Å². The van der Waals surface area contributed by atoms with Crippen LogP contribution in [0.2, 0.25) is 0 Å². The van der Waals surface area contributed by atoms with Gasteiger partial charge in [0.2, 0.25) is 0 Å². The maximum atomic E-state index is 13.1. The molecule has 0 spiro atoms. The van der Waals surface area contributed by atoms with Crippen molar-refractivity contribution in [1.29, 1.82) is 10.5 Å². The lowest BCUT2D eigenvalue weighted by Crippen LogP contribution is -2.11. The predicted molar refractivity (Wildman–Crippen MR) is 89.1 cm³/mol. The number of hydrogen-bond acceptors (Lipinski definition) is 6. The maximum Gasteiger partial charge on any atom is 0.417 e. The van der Waals surface area contributed by atoms with Crippen LogP contribution in [0.1, 0.15) is 33.6 Å². The summed E-state index contributed by atoms with van der Waals surface area (Å²) in [4.78, 5) is 7.74. The van der Waals surface area contributed by atoms with Gasteiger partial charge in [-0.2, -0.15) is 36.9 Å². The molecular formula is C16H8F6N4S2. The summed E-state index contributed by atoms with van der Waals surface area (Å²) < 4.78 is 78.8. The van der Waals surface area contributed by atoms with Crippen molar-refractivity contribution in [3.8, 4) is 12.1 Å². The van der Waals surface area contributed by atoms with Gasteiger partial charge in [0.25, 0.3) is 0 Å². The summed E-state index contributed by atoms with van der Waals surface area (Å²) >= 11 is 0. The minimum absolute atomic E-state index is 0.0249. The first-order valence-electron chi connectivity index (χ1n) is 7.21. The highest BCUT2D eigenvalue weighted by Gasteiger charge is 2.37. The van der Waals surface area contributed by atoms with Crippen molar-refractivity contribution in [3.63, 3.8) is 0 Å². The number of pyridine rings is 2. The topological polar surface area (TPSA) is 73.4 Å². The second kappa shape index (κ2) is 7.89. The molecule has 0 saturated carbocycles. The van der Waals surface area contributed by atoms with E-state index < -0.39 is 34.6 Å².